The largest absolute Gasteiger partial charge is 0.476 e. The SMILES string of the molecule is COC(=O)c1cccc(NC(=O)C2CN(S(=O)(=O)c3ccccc3)c3ccccc3O2)c1C. The molecule has 0 aromatic heterocycles. The Kier molecular flexibility index (Phi) is 6.06. The molecule has 1 heterocycles. The molecule has 3 aromatic rings. The number of sulfonamides is 1. The van der Waals surface area contributed by atoms with E-state index in [-0.39, 0.29) is 17.2 Å². The van der Waals surface area contributed by atoms with Gasteiger partial charge in [-0.2, -0.15) is 0 Å². The monoisotopic (exact) mass is 466 g/mol. The van der Waals surface area contributed by atoms with E-state index in [9.17, 15) is 18.0 Å². The number of amides is 1. The number of hydrogen-bond donors (Lipinski definition) is 1. The average Bonchev–Trinajstić information content (AvgIpc) is 2.84. The summed E-state index contributed by atoms with van der Waals surface area (Å²) in [4.78, 5) is 25.2. The Balaban J connectivity index is 1.65. The van der Waals surface area contributed by atoms with E-state index in [1.54, 1.807) is 67.6 Å². The Bertz CT molecular complexity index is 1310. The van der Waals surface area contributed by atoms with Crippen molar-refractivity contribution in [2.24, 2.45) is 0 Å². The average molecular weight is 467 g/mol. The molecule has 0 bridgehead atoms. The van der Waals surface area contributed by atoms with Gasteiger partial charge in [-0.3, -0.25) is 9.10 Å². The molecule has 9 heteroatoms. The second-order valence-electron chi connectivity index (χ2n) is 7.38. The van der Waals surface area contributed by atoms with Crippen molar-refractivity contribution >= 4 is 33.3 Å². The summed E-state index contributed by atoms with van der Waals surface area (Å²) >= 11 is 0. The molecule has 0 fully saturated rings. The fourth-order valence-corrected chi connectivity index (χ4v) is 5.10. The number of carbonyl (C=O) groups excluding carboxylic acids is 2. The molecular weight excluding hydrogens is 444 g/mol. The van der Waals surface area contributed by atoms with Crippen LogP contribution in [0.4, 0.5) is 11.4 Å². The van der Waals surface area contributed by atoms with Gasteiger partial charge in [0.15, 0.2) is 6.10 Å². The van der Waals surface area contributed by atoms with E-state index in [1.165, 1.54) is 23.5 Å². The molecule has 0 radical (unpaired) electrons. The molecule has 0 aliphatic carbocycles. The molecular formula is C24H22N2O6S. The van der Waals surface area contributed by atoms with E-state index in [0.29, 0.717) is 22.5 Å². The fourth-order valence-electron chi connectivity index (χ4n) is 3.60. The number of rotatable bonds is 5. The Morgan fingerprint density at radius 1 is 1.00 bits per heavy atom. The van der Waals surface area contributed by atoms with Crippen LogP contribution in [0, 0.1) is 6.92 Å². The van der Waals surface area contributed by atoms with Crippen molar-refractivity contribution in [2.75, 3.05) is 23.3 Å². The zero-order valence-electron chi connectivity index (χ0n) is 18.0. The van der Waals surface area contributed by atoms with E-state index in [1.807, 2.05) is 0 Å². The third-order valence-corrected chi connectivity index (χ3v) is 7.15. The first-order valence-electron chi connectivity index (χ1n) is 10.1. The van der Waals surface area contributed by atoms with Crippen LogP contribution in [0.3, 0.4) is 0 Å². The highest BCUT2D eigenvalue weighted by molar-refractivity contribution is 7.92. The molecule has 0 saturated carbocycles. The first-order valence-corrected chi connectivity index (χ1v) is 11.6. The number of carbonyl (C=O) groups is 2. The third-order valence-electron chi connectivity index (χ3n) is 5.36. The molecule has 170 valence electrons. The summed E-state index contributed by atoms with van der Waals surface area (Å²) in [5.41, 5.74) is 1.61. The molecule has 1 aliphatic rings. The summed E-state index contributed by atoms with van der Waals surface area (Å²) in [6, 6.07) is 19.5. The van der Waals surface area contributed by atoms with Crippen molar-refractivity contribution in [1.82, 2.24) is 0 Å². The minimum Gasteiger partial charge on any atom is -0.476 e. The summed E-state index contributed by atoms with van der Waals surface area (Å²) in [5, 5.41) is 2.75. The van der Waals surface area contributed by atoms with Crippen LogP contribution >= 0.6 is 0 Å². The van der Waals surface area contributed by atoms with Gasteiger partial charge in [-0.25, -0.2) is 13.2 Å². The van der Waals surface area contributed by atoms with Crippen molar-refractivity contribution in [1.29, 1.82) is 0 Å². The highest BCUT2D eigenvalue weighted by atomic mass is 32.2. The quantitative estimate of drug-likeness (QED) is 0.579. The lowest BCUT2D eigenvalue weighted by molar-refractivity contribution is -0.122. The summed E-state index contributed by atoms with van der Waals surface area (Å²) in [5.74, 6) is -0.780. The Hall–Kier alpha value is -3.85. The lowest BCUT2D eigenvalue weighted by Crippen LogP contribution is -2.48. The molecule has 0 saturated heterocycles. The number of methoxy groups -OCH3 is 1. The van der Waals surface area contributed by atoms with Crippen LogP contribution in [0.1, 0.15) is 15.9 Å². The molecule has 1 aliphatic heterocycles. The van der Waals surface area contributed by atoms with E-state index >= 15 is 0 Å². The maximum atomic E-state index is 13.4. The van der Waals surface area contributed by atoms with Gasteiger partial charge in [0, 0.05) is 5.69 Å². The first kappa shape index (κ1) is 22.3. The molecule has 4 rings (SSSR count). The van der Waals surface area contributed by atoms with Crippen LogP contribution in [0.5, 0.6) is 5.75 Å². The van der Waals surface area contributed by atoms with Crippen molar-refractivity contribution in [3.8, 4) is 5.75 Å². The van der Waals surface area contributed by atoms with Crippen LogP contribution in [-0.2, 0) is 19.6 Å². The second kappa shape index (κ2) is 8.95. The van der Waals surface area contributed by atoms with Crippen molar-refractivity contribution in [3.63, 3.8) is 0 Å². The van der Waals surface area contributed by atoms with Crippen molar-refractivity contribution in [2.45, 2.75) is 17.9 Å². The Morgan fingerprint density at radius 3 is 2.42 bits per heavy atom. The van der Waals surface area contributed by atoms with E-state index in [2.05, 4.69) is 5.32 Å². The number of anilines is 2. The zero-order valence-corrected chi connectivity index (χ0v) is 18.8. The van der Waals surface area contributed by atoms with Gasteiger partial charge in [-0.15, -0.1) is 0 Å². The Morgan fingerprint density at radius 2 is 1.70 bits per heavy atom. The number of ether oxygens (including phenoxy) is 2. The molecule has 1 atom stereocenters. The van der Waals surface area contributed by atoms with Gasteiger partial charge in [-0.1, -0.05) is 36.4 Å². The maximum Gasteiger partial charge on any atom is 0.338 e. The number of benzene rings is 3. The van der Waals surface area contributed by atoms with Crippen molar-refractivity contribution in [3.05, 3.63) is 83.9 Å². The van der Waals surface area contributed by atoms with Crippen molar-refractivity contribution < 1.29 is 27.5 Å². The molecule has 1 unspecified atom stereocenters. The van der Waals surface area contributed by atoms with E-state index in [4.69, 9.17) is 9.47 Å². The van der Waals surface area contributed by atoms with Crippen LogP contribution in [0.2, 0.25) is 0 Å². The highest BCUT2D eigenvalue weighted by Gasteiger charge is 2.37. The number of nitrogens with one attached hydrogen (secondary N) is 1. The first-order chi connectivity index (χ1) is 15.8. The number of para-hydroxylation sites is 2. The molecule has 8 nitrogen and oxygen atoms in total. The topological polar surface area (TPSA) is 102 Å². The summed E-state index contributed by atoms with van der Waals surface area (Å²) in [7, 11) is -2.65. The second-order valence-corrected chi connectivity index (χ2v) is 9.24. The van der Waals surface area contributed by atoms with Gasteiger partial charge >= 0.3 is 5.97 Å². The summed E-state index contributed by atoms with van der Waals surface area (Å²) < 4.78 is 38.6. The van der Waals surface area contributed by atoms with Gasteiger partial charge < -0.3 is 14.8 Å². The number of nitrogens with zero attached hydrogens (tertiary/aromatic N) is 1. The summed E-state index contributed by atoms with van der Waals surface area (Å²) in [6.07, 6.45) is -1.11. The number of hydrogen-bond acceptors (Lipinski definition) is 6. The molecule has 1 amide bonds. The van der Waals surface area contributed by atoms with Crippen LogP contribution in [0.25, 0.3) is 0 Å². The molecule has 33 heavy (non-hydrogen) atoms. The van der Waals surface area contributed by atoms with Gasteiger partial charge in [0.1, 0.15) is 5.75 Å². The standard InChI is InChI=1S/C24H22N2O6S/c1-16-18(24(28)31-2)11-8-12-19(16)25-23(27)22-15-26(20-13-6-7-14-21(20)32-22)33(29,30)17-9-4-3-5-10-17/h3-14,22H,15H2,1-2H3,(H,25,27). The zero-order chi connectivity index (χ0) is 23.6. The minimum atomic E-state index is -3.93. The van der Waals surface area contributed by atoms with Gasteiger partial charge in [0.05, 0.1) is 29.8 Å². The van der Waals surface area contributed by atoms with Crippen LogP contribution < -0.4 is 14.4 Å². The van der Waals surface area contributed by atoms with Gasteiger partial charge in [0.2, 0.25) is 0 Å². The smallest absolute Gasteiger partial charge is 0.338 e. The predicted molar refractivity (Wildman–Crippen MR) is 123 cm³/mol. The van der Waals surface area contributed by atoms with Crippen LogP contribution in [0.15, 0.2) is 77.7 Å². The fraction of sp³-hybridized carbons (Fsp3) is 0.167. The third kappa shape index (κ3) is 4.27. The maximum absolute atomic E-state index is 13.4. The van der Waals surface area contributed by atoms with Crippen LogP contribution in [-0.4, -0.2) is 40.1 Å². The molecule has 0 spiro atoms. The van der Waals surface area contributed by atoms with Gasteiger partial charge in [-0.05, 0) is 48.9 Å². The summed E-state index contributed by atoms with van der Waals surface area (Å²) in [6.45, 7) is 1.47. The minimum absolute atomic E-state index is 0.113. The van der Waals surface area contributed by atoms with E-state index < -0.39 is 28.0 Å². The lowest BCUT2D eigenvalue weighted by Gasteiger charge is -2.34. The predicted octanol–water partition coefficient (Wildman–Crippen LogP) is 3.38. The molecule has 3 aromatic carbocycles. The number of esters is 1. The Labute approximate surface area is 191 Å². The lowest BCUT2D eigenvalue weighted by atomic mass is 10.1. The number of fused-ring (bicyclic) bond motifs is 1. The normalized spacial score (nSPS) is 15.2. The molecule has 1 N–H and O–H groups in total. The highest BCUT2D eigenvalue weighted by Crippen LogP contribution is 2.37. The van der Waals surface area contributed by atoms with Gasteiger partial charge in [0.25, 0.3) is 15.9 Å². The van der Waals surface area contributed by atoms with E-state index in [0.717, 1.165) is 0 Å².